The fraction of sp³-hybridized carbons (Fsp3) is 0.625. The van der Waals surface area contributed by atoms with Gasteiger partial charge in [0, 0.05) is 29.3 Å². The molecule has 0 radical (unpaired) electrons. The summed E-state index contributed by atoms with van der Waals surface area (Å²) < 4.78 is 1.16. The first kappa shape index (κ1) is 16.5. The zero-order valence-corrected chi connectivity index (χ0v) is 14.3. The van der Waals surface area contributed by atoms with E-state index in [9.17, 15) is 0 Å². The van der Waals surface area contributed by atoms with Crippen molar-refractivity contribution in [3.8, 4) is 0 Å². The predicted molar refractivity (Wildman–Crippen MR) is 88.9 cm³/mol. The lowest BCUT2D eigenvalue weighted by Crippen LogP contribution is -2.33. The predicted octanol–water partition coefficient (Wildman–Crippen LogP) is 4.57. The quantitative estimate of drug-likeness (QED) is 0.704. The van der Waals surface area contributed by atoms with E-state index in [1.54, 1.807) is 0 Å². The third-order valence-corrected chi connectivity index (χ3v) is 4.05. The number of halogens is 1. The molecule has 1 aromatic rings. The van der Waals surface area contributed by atoms with E-state index in [1.807, 2.05) is 0 Å². The monoisotopic (exact) mass is 326 g/mol. The molecule has 1 rings (SSSR count). The van der Waals surface area contributed by atoms with Gasteiger partial charge >= 0.3 is 0 Å². The van der Waals surface area contributed by atoms with Gasteiger partial charge in [0.2, 0.25) is 0 Å². The molecule has 1 atom stereocenters. The second-order valence-electron chi connectivity index (χ2n) is 4.99. The smallest absolute Gasteiger partial charge is 0.0414 e. The van der Waals surface area contributed by atoms with Crippen LogP contribution in [0.25, 0.3) is 0 Å². The third kappa shape index (κ3) is 4.81. The first-order chi connectivity index (χ1) is 9.13. The van der Waals surface area contributed by atoms with Crippen LogP contribution >= 0.6 is 15.9 Å². The van der Waals surface area contributed by atoms with Gasteiger partial charge in [-0.1, -0.05) is 29.8 Å². The maximum atomic E-state index is 3.58. The molecule has 3 heteroatoms. The number of hydrogen-bond acceptors (Lipinski definition) is 2. The van der Waals surface area contributed by atoms with Gasteiger partial charge in [0.05, 0.1) is 0 Å². The highest BCUT2D eigenvalue weighted by atomic mass is 79.9. The summed E-state index contributed by atoms with van der Waals surface area (Å²) in [5.74, 6) is 0. The number of hydrogen-bond donors (Lipinski definition) is 1. The minimum atomic E-state index is 0.580. The molecule has 108 valence electrons. The van der Waals surface area contributed by atoms with Crippen molar-refractivity contribution in [3.63, 3.8) is 0 Å². The summed E-state index contributed by atoms with van der Waals surface area (Å²) in [6.45, 7) is 12.0. The van der Waals surface area contributed by atoms with E-state index in [1.165, 1.54) is 24.1 Å². The van der Waals surface area contributed by atoms with E-state index in [4.69, 9.17) is 0 Å². The van der Waals surface area contributed by atoms with Crippen LogP contribution in [-0.4, -0.2) is 19.1 Å². The van der Waals surface area contributed by atoms with Crippen LogP contribution in [0.4, 0.5) is 5.69 Å². The SMILES string of the molecule is CCCNCc1cc(Br)ccc1N(CC)C(C)CC. The first-order valence-electron chi connectivity index (χ1n) is 7.39. The number of anilines is 1. The van der Waals surface area contributed by atoms with E-state index in [2.05, 4.69) is 72.0 Å². The molecule has 0 saturated heterocycles. The molecular formula is C16H27BrN2. The summed E-state index contributed by atoms with van der Waals surface area (Å²) >= 11 is 3.58. The van der Waals surface area contributed by atoms with Crippen LogP contribution in [0.2, 0.25) is 0 Å². The lowest BCUT2D eigenvalue weighted by molar-refractivity contribution is 0.620. The molecule has 0 saturated carbocycles. The van der Waals surface area contributed by atoms with Gasteiger partial charge < -0.3 is 10.2 Å². The maximum Gasteiger partial charge on any atom is 0.0414 e. The van der Waals surface area contributed by atoms with E-state index >= 15 is 0 Å². The van der Waals surface area contributed by atoms with Crippen LogP contribution < -0.4 is 10.2 Å². The molecule has 19 heavy (non-hydrogen) atoms. The van der Waals surface area contributed by atoms with Crippen LogP contribution in [0.1, 0.15) is 46.1 Å². The Kier molecular flexibility index (Phi) is 7.47. The van der Waals surface area contributed by atoms with Crippen molar-refractivity contribution < 1.29 is 0 Å². The van der Waals surface area contributed by atoms with Crippen LogP contribution in [0.3, 0.4) is 0 Å². The number of nitrogens with one attached hydrogen (secondary N) is 1. The molecule has 0 fully saturated rings. The topological polar surface area (TPSA) is 15.3 Å². The van der Waals surface area contributed by atoms with Gasteiger partial charge in [-0.05, 0) is 57.0 Å². The Morgan fingerprint density at radius 2 is 2.00 bits per heavy atom. The van der Waals surface area contributed by atoms with Crippen molar-refractivity contribution in [2.45, 2.75) is 53.1 Å². The standard InChI is InChI=1S/C16H27BrN2/c1-5-10-18-12-14-11-15(17)8-9-16(14)19(7-3)13(4)6-2/h8-9,11,13,18H,5-7,10,12H2,1-4H3. The highest BCUT2D eigenvalue weighted by Gasteiger charge is 2.14. The average Bonchev–Trinajstić information content (AvgIpc) is 2.41. The van der Waals surface area contributed by atoms with Crippen molar-refractivity contribution in [3.05, 3.63) is 28.2 Å². The molecule has 0 bridgehead atoms. The normalized spacial score (nSPS) is 12.5. The van der Waals surface area contributed by atoms with Gasteiger partial charge in [0.15, 0.2) is 0 Å². The number of rotatable bonds is 8. The Morgan fingerprint density at radius 1 is 1.26 bits per heavy atom. The van der Waals surface area contributed by atoms with Gasteiger partial charge in [0.25, 0.3) is 0 Å². The van der Waals surface area contributed by atoms with E-state index < -0.39 is 0 Å². The van der Waals surface area contributed by atoms with Crippen LogP contribution in [0, 0.1) is 0 Å². The van der Waals surface area contributed by atoms with Gasteiger partial charge in [-0.3, -0.25) is 0 Å². The Bertz CT molecular complexity index is 379. The summed E-state index contributed by atoms with van der Waals surface area (Å²) in [6, 6.07) is 7.20. The lowest BCUT2D eigenvalue weighted by atomic mass is 10.1. The molecule has 1 aromatic carbocycles. The lowest BCUT2D eigenvalue weighted by Gasteiger charge is -2.31. The summed E-state index contributed by atoms with van der Waals surface area (Å²) in [7, 11) is 0. The molecule has 1 unspecified atom stereocenters. The van der Waals surface area contributed by atoms with E-state index in [-0.39, 0.29) is 0 Å². The molecule has 1 N–H and O–H groups in total. The summed E-state index contributed by atoms with van der Waals surface area (Å²) in [5.41, 5.74) is 2.74. The van der Waals surface area contributed by atoms with Gasteiger partial charge in [-0.15, -0.1) is 0 Å². The summed E-state index contributed by atoms with van der Waals surface area (Å²) in [6.07, 6.45) is 2.35. The Hall–Kier alpha value is -0.540. The molecule has 0 aliphatic rings. The molecule has 0 aliphatic carbocycles. The maximum absolute atomic E-state index is 3.58. The number of benzene rings is 1. The molecule has 0 aliphatic heterocycles. The fourth-order valence-electron chi connectivity index (χ4n) is 2.32. The van der Waals surface area contributed by atoms with Crippen molar-refractivity contribution in [2.75, 3.05) is 18.0 Å². The van der Waals surface area contributed by atoms with Crippen molar-refractivity contribution in [2.24, 2.45) is 0 Å². The number of nitrogens with zero attached hydrogens (tertiary/aromatic N) is 1. The van der Waals surface area contributed by atoms with Crippen molar-refractivity contribution in [1.29, 1.82) is 0 Å². The zero-order valence-electron chi connectivity index (χ0n) is 12.7. The second kappa shape index (κ2) is 8.60. The summed E-state index contributed by atoms with van der Waals surface area (Å²) in [4.78, 5) is 2.50. The van der Waals surface area contributed by atoms with Crippen LogP contribution in [0.15, 0.2) is 22.7 Å². The average molecular weight is 327 g/mol. The molecule has 0 aromatic heterocycles. The Morgan fingerprint density at radius 3 is 2.58 bits per heavy atom. The molecular weight excluding hydrogens is 300 g/mol. The highest BCUT2D eigenvalue weighted by molar-refractivity contribution is 9.10. The minimum absolute atomic E-state index is 0.580. The van der Waals surface area contributed by atoms with E-state index in [0.717, 1.165) is 24.1 Å². The van der Waals surface area contributed by atoms with Crippen molar-refractivity contribution >= 4 is 21.6 Å². The molecule has 0 amide bonds. The van der Waals surface area contributed by atoms with Crippen LogP contribution in [0.5, 0.6) is 0 Å². The van der Waals surface area contributed by atoms with Crippen LogP contribution in [-0.2, 0) is 6.54 Å². The zero-order chi connectivity index (χ0) is 14.3. The third-order valence-electron chi connectivity index (χ3n) is 3.56. The molecule has 2 nitrogen and oxygen atoms in total. The highest BCUT2D eigenvalue weighted by Crippen LogP contribution is 2.26. The van der Waals surface area contributed by atoms with Gasteiger partial charge in [0.1, 0.15) is 0 Å². The van der Waals surface area contributed by atoms with Crippen molar-refractivity contribution in [1.82, 2.24) is 5.32 Å². The fourth-order valence-corrected chi connectivity index (χ4v) is 2.72. The Balaban J connectivity index is 2.96. The largest absolute Gasteiger partial charge is 0.369 e. The molecule has 0 spiro atoms. The van der Waals surface area contributed by atoms with E-state index in [0.29, 0.717) is 6.04 Å². The second-order valence-corrected chi connectivity index (χ2v) is 5.91. The van der Waals surface area contributed by atoms with Gasteiger partial charge in [-0.2, -0.15) is 0 Å². The minimum Gasteiger partial charge on any atom is -0.369 e. The van der Waals surface area contributed by atoms with Gasteiger partial charge in [-0.25, -0.2) is 0 Å². The Labute approximate surface area is 126 Å². The summed E-state index contributed by atoms with van der Waals surface area (Å²) in [5, 5.41) is 3.51. The molecule has 0 heterocycles. The first-order valence-corrected chi connectivity index (χ1v) is 8.19.